The van der Waals surface area contributed by atoms with Crippen molar-refractivity contribution in [1.82, 2.24) is 0 Å². The Kier molecular flexibility index (Phi) is 6.74. The molecule has 12 heteroatoms. The van der Waals surface area contributed by atoms with Crippen molar-refractivity contribution in [2.24, 2.45) is 0 Å². The number of aliphatic hydroxyl groups excluding tert-OH is 1. The Morgan fingerprint density at radius 3 is 2.25 bits per heavy atom. The number of hydrogen-bond donors (Lipinski definition) is 1. The van der Waals surface area contributed by atoms with Gasteiger partial charge < -0.3 is 19.5 Å². The van der Waals surface area contributed by atoms with Gasteiger partial charge in [-0.3, -0.25) is 0 Å². The minimum absolute atomic E-state index is 0.00387. The standard InChI is InChI=1S/C24H17F8NO3/c25-15-7-14(8-16(26)10-15)18-5-2-6-19-22(18)35-12-20(33(19)11-21(34)23(27,28)29)13-3-1-4-17(9-13)36-24(30,31)32/h1-10,20-21,34H,11-12H2/t20?,21-/m1/s1. The van der Waals surface area contributed by atoms with Gasteiger partial charge >= 0.3 is 12.5 Å². The lowest BCUT2D eigenvalue weighted by atomic mass is 9.98. The van der Waals surface area contributed by atoms with E-state index in [0.717, 1.165) is 29.2 Å². The van der Waals surface area contributed by atoms with E-state index in [2.05, 4.69) is 4.74 Å². The SMILES string of the molecule is O[C@H](CN1c2cccc(-c3cc(F)cc(F)c3)c2OCC1c1cccc(OC(F)(F)F)c1)C(F)(F)F. The van der Waals surface area contributed by atoms with Crippen LogP contribution in [0.5, 0.6) is 11.5 Å². The van der Waals surface area contributed by atoms with Crippen molar-refractivity contribution < 1.29 is 49.7 Å². The molecule has 1 unspecified atom stereocenters. The third kappa shape index (κ3) is 5.64. The molecule has 36 heavy (non-hydrogen) atoms. The van der Waals surface area contributed by atoms with Crippen LogP contribution in [0, 0.1) is 11.6 Å². The van der Waals surface area contributed by atoms with Gasteiger partial charge in [-0.25, -0.2) is 8.78 Å². The van der Waals surface area contributed by atoms with E-state index in [1.807, 2.05) is 0 Å². The second kappa shape index (κ2) is 9.49. The van der Waals surface area contributed by atoms with Gasteiger partial charge in [0.25, 0.3) is 0 Å². The molecule has 3 aromatic carbocycles. The van der Waals surface area contributed by atoms with Crippen LogP contribution in [0.25, 0.3) is 11.1 Å². The monoisotopic (exact) mass is 519 g/mol. The molecule has 4 nitrogen and oxygen atoms in total. The van der Waals surface area contributed by atoms with E-state index in [9.17, 15) is 40.2 Å². The zero-order chi connectivity index (χ0) is 26.3. The van der Waals surface area contributed by atoms with Crippen LogP contribution in [0.3, 0.4) is 0 Å². The lowest BCUT2D eigenvalue weighted by molar-refractivity contribution is -0.274. The number of ether oxygens (including phenoxy) is 2. The summed E-state index contributed by atoms with van der Waals surface area (Å²) in [5.41, 5.74) is 0.391. The summed E-state index contributed by atoms with van der Waals surface area (Å²) in [5.74, 6) is -2.37. The summed E-state index contributed by atoms with van der Waals surface area (Å²) in [6.45, 7) is -1.34. The lowest BCUT2D eigenvalue weighted by Gasteiger charge is -2.40. The van der Waals surface area contributed by atoms with Crippen molar-refractivity contribution >= 4 is 5.69 Å². The van der Waals surface area contributed by atoms with Crippen molar-refractivity contribution in [2.75, 3.05) is 18.1 Å². The van der Waals surface area contributed by atoms with Crippen LogP contribution in [-0.4, -0.2) is 36.9 Å². The van der Waals surface area contributed by atoms with Crippen LogP contribution >= 0.6 is 0 Å². The summed E-state index contributed by atoms with van der Waals surface area (Å²) in [6.07, 6.45) is -12.8. The quantitative estimate of drug-likeness (QED) is 0.397. The van der Waals surface area contributed by atoms with Gasteiger partial charge in [0.1, 0.15) is 24.0 Å². The van der Waals surface area contributed by atoms with Crippen LogP contribution in [0.1, 0.15) is 11.6 Å². The predicted molar refractivity (Wildman–Crippen MR) is 113 cm³/mol. The third-order valence-electron chi connectivity index (χ3n) is 5.46. The largest absolute Gasteiger partial charge is 0.573 e. The molecule has 4 rings (SSSR count). The molecule has 1 N–H and O–H groups in total. The second-order valence-electron chi connectivity index (χ2n) is 7.97. The molecular formula is C24H17F8NO3. The fourth-order valence-corrected chi connectivity index (χ4v) is 3.97. The molecule has 1 aliphatic rings. The molecule has 0 aromatic heterocycles. The highest BCUT2D eigenvalue weighted by atomic mass is 19.4. The third-order valence-corrected chi connectivity index (χ3v) is 5.46. The van der Waals surface area contributed by atoms with Crippen molar-refractivity contribution in [3.63, 3.8) is 0 Å². The van der Waals surface area contributed by atoms with Gasteiger partial charge in [0.05, 0.1) is 18.3 Å². The van der Waals surface area contributed by atoms with Gasteiger partial charge in [0, 0.05) is 11.6 Å². The highest BCUT2D eigenvalue weighted by molar-refractivity contribution is 5.80. The normalized spacial score (nSPS) is 16.8. The average molecular weight is 519 g/mol. The minimum Gasteiger partial charge on any atom is -0.488 e. The number of hydrogen-bond acceptors (Lipinski definition) is 4. The number of anilines is 1. The van der Waals surface area contributed by atoms with E-state index in [-0.39, 0.29) is 34.7 Å². The molecule has 0 bridgehead atoms. The van der Waals surface area contributed by atoms with Crippen LogP contribution in [0.2, 0.25) is 0 Å². The predicted octanol–water partition coefficient (Wildman–Crippen LogP) is 6.39. The van der Waals surface area contributed by atoms with Gasteiger partial charge in [-0.05, 0) is 41.5 Å². The van der Waals surface area contributed by atoms with Crippen LogP contribution in [-0.2, 0) is 0 Å². The van der Waals surface area contributed by atoms with Crippen LogP contribution < -0.4 is 14.4 Å². The first-order valence-electron chi connectivity index (χ1n) is 10.4. The molecule has 2 atom stereocenters. The first-order chi connectivity index (χ1) is 16.8. The Bertz CT molecular complexity index is 1220. The number of aliphatic hydroxyl groups is 1. The van der Waals surface area contributed by atoms with Crippen molar-refractivity contribution in [1.29, 1.82) is 0 Å². The van der Waals surface area contributed by atoms with Crippen LogP contribution in [0.15, 0.2) is 60.7 Å². The zero-order valence-electron chi connectivity index (χ0n) is 18.1. The van der Waals surface area contributed by atoms with Crippen molar-refractivity contribution in [2.45, 2.75) is 24.7 Å². The summed E-state index contributed by atoms with van der Waals surface area (Å²) in [4.78, 5) is 1.13. The maximum Gasteiger partial charge on any atom is 0.573 e. The Labute approximate surface area is 199 Å². The maximum absolute atomic E-state index is 13.8. The fraction of sp³-hybridized carbons (Fsp3) is 0.250. The van der Waals surface area contributed by atoms with Gasteiger partial charge in [-0.1, -0.05) is 24.3 Å². The van der Waals surface area contributed by atoms with Gasteiger partial charge in [-0.2, -0.15) is 13.2 Å². The fourth-order valence-electron chi connectivity index (χ4n) is 3.97. The molecule has 3 aromatic rings. The van der Waals surface area contributed by atoms with E-state index >= 15 is 0 Å². The number of β-amino-alcohol motifs (C(OH)–C–C–N with tert-alkyl or cyclic N) is 1. The minimum atomic E-state index is -4.99. The van der Waals surface area contributed by atoms with Crippen molar-refractivity contribution in [3.8, 4) is 22.6 Å². The van der Waals surface area contributed by atoms with Gasteiger partial charge in [0.15, 0.2) is 11.9 Å². The number of nitrogens with zero attached hydrogens (tertiary/aromatic N) is 1. The Morgan fingerprint density at radius 1 is 0.944 bits per heavy atom. The number of benzene rings is 3. The molecule has 1 heterocycles. The molecule has 0 saturated heterocycles. The highest BCUT2D eigenvalue weighted by Crippen LogP contribution is 2.46. The van der Waals surface area contributed by atoms with E-state index in [1.165, 1.54) is 30.3 Å². The van der Waals surface area contributed by atoms with Gasteiger partial charge in [-0.15, -0.1) is 13.2 Å². The number of alkyl halides is 6. The van der Waals surface area contributed by atoms with E-state index < -0.39 is 48.6 Å². The smallest absolute Gasteiger partial charge is 0.488 e. The number of para-hydroxylation sites is 1. The topological polar surface area (TPSA) is 41.9 Å². The molecule has 0 aliphatic carbocycles. The first-order valence-corrected chi connectivity index (χ1v) is 10.4. The Balaban J connectivity index is 1.80. The molecule has 0 fully saturated rings. The van der Waals surface area contributed by atoms with Crippen molar-refractivity contribution in [3.05, 3.63) is 77.9 Å². The molecule has 1 aliphatic heterocycles. The van der Waals surface area contributed by atoms with E-state index in [4.69, 9.17) is 4.74 Å². The molecule has 0 spiro atoms. The second-order valence-corrected chi connectivity index (χ2v) is 7.97. The average Bonchev–Trinajstić information content (AvgIpc) is 2.76. The summed E-state index contributed by atoms with van der Waals surface area (Å²) >= 11 is 0. The molecule has 0 radical (unpaired) electrons. The lowest BCUT2D eigenvalue weighted by Crippen LogP contribution is -2.46. The maximum atomic E-state index is 13.8. The van der Waals surface area contributed by atoms with E-state index in [1.54, 1.807) is 0 Å². The Hall–Kier alpha value is -3.54. The summed E-state index contributed by atoms with van der Waals surface area (Å²) in [6, 6.07) is 10.5. The molecular weight excluding hydrogens is 502 g/mol. The van der Waals surface area contributed by atoms with E-state index in [0.29, 0.717) is 6.07 Å². The molecule has 0 saturated carbocycles. The summed E-state index contributed by atoms with van der Waals surface area (Å²) < 4.78 is 115. The summed E-state index contributed by atoms with van der Waals surface area (Å²) in [7, 11) is 0. The first kappa shape index (κ1) is 25.5. The number of fused-ring (bicyclic) bond motifs is 1. The number of halogens is 8. The molecule has 0 amide bonds. The summed E-state index contributed by atoms with van der Waals surface area (Å²) in [5, 5.41) is 9.81. The number of rotatable bonds is 5. The highest BCUT2D eigenvalue weighted by Gasteiger charge is 2.42. The molecule has 192 valence electrons. The zero-order valence-corrected chi connectivity index (χ0v) is 18.1. The van der Waals surface area contributed by atoms with Crippen LogP contribution in [0.4, 0.5) is 40.8 Å². The van der Waals surface area contributed by atoms with Gasteiger partial charge in [0.2, 0.25) is 0 Å². The Morgan fingerprint density at radius 2 is 1.61 bits per heavy atom.